The fourth-order valence-corrected chi connectivity index (χ4v) is 0.866. The zero-order valence-electron chi connectivity index (χ0n) is 6.67. The molecule has 1 rings (SSSR count). The molecule has 1 aromatic rings. The van der Waals surface area contributed by atoms with Gasteiger partial charge in [0.15, 0.2) is 0 Å². The smallest absolute Gasteiger partial charge is 0.358 e. The molecule has 0 amide bonds. The molecule has 0 N–H and O–H groups in total. The minimum atomic E-state index is -0.606. The highest BCUT2D eigenvalue weighted by molar-refractivity contribution is 5.55. The van der Waals surface area contributed by atoms with Crippen LogP contribution in [0, 0.1) is 21.4 Å². The lowest BCUT2D eigenvalue weighted by Gasteiger charge is -1.86. The Morgan fingerprint density at radius 2 is 2.62 bits per heavy atom. The van der Waals surface area contributed by atoms with E-state index in [2.05, 4.69) is 11.7 Å². The average Bonchev–Trinajstić information content (AvgIpc) is 2.48. The van der Waals surface area contributed by atoms with E-state index in [1.165, 1.54) is 17.0 Å². The molecule has 1 heterocycles. The van der Waals surface area contributed by atoms with Crippen LogP contribution in [-0.2, 0) is 6.54 Å². The topological polar surface area (TPSA) is 84.8 Å². The predicted molar refractivity (Wildman–Crippen MR) is 44.6 cm³/mol. The quantitative estimate of drug-likeness (QED) is 0.509. The van der Waals surface area contributed by atoms with Crippen LogP contribution in [0.25, 0.3) is 6.08 Å². The summed E-state index contributed by atoms with van der Waals surface area (Å²) in [5, 5.41) is 22.3. The molecule has 0 saturated carbocycles. The lowest BCUT2D eigenvalue weighted by molar-refractivity contribution is -0.390. The van der Waals surface area contributed by atoms with Gasteiger partial charge in [0.2, 0.25) is 0 Å². The zero-order chi connectivity index (χ0) is 9.84. The largest absolute Gasteiger partial charge is 0.397 e. The van der Waals surface area contributed by atoms with Crippen LogP contribution in [0.1, 0.15) is 5.56 Å². The van der Waals surface area contributed by atoms with E-state index in [1.807, 2.05) is 6.07 Å². The Hall–Kier alpha value is -2.16. The summed E-state index contributed by atoms with van der Waals surface area (Å²) in [7, 11) is 0. The monoisotopic (exact) mass is 178 g/mol. The van der Waals surface area contributed by atoms with Crippen LogP contribution in [0.15, 0.2) is 12.8 Å². The van der Waals surface area contributed by atoms with E-state index in [-0.39, 0.29) is 12.4 Å². The molecule has 0 bridgehead atoms. The van der Waals surface area contributed by atoms with Gasteiger partial charge in [0.05, 0.1) is 22.9 Å². The van der Waals surface area contributed by atoms with Crippen molar-refractivity contribution < 1.29 is 4.92 Å². The van der Waals surface area contributed by atoms with Gasteiger partial charge in [-0.15, -0.1) is 0 Å². The minimum Gasteiger partial charge on any atom is -0.358 e. The average molecular weight is 178 g/mol. The van der Waals surface area contributed by atoms with E-state index in [1.54, 1.807) is 0 Å². The molecule has 0 aromatic carbocycles. The summed E-state index contributed by atoms with van der Waals surface area (Å²) in [5.74, 6) is -0.273. The fraction of sp³-hybridized carbons (Fsp3) is 0.143. The van der Waals surface area contributed by atoms with Crippen LogP contribution in [-0.4, -0.2) is 14.7 Å². The number of nitro groups is 1. The second kappa shape index (κ2) is 3.49. The third-order valence-electron chi connectivity index (χ3n) is 1.40. The first-order valence-electron chi connectivity index (χ1n) is 3.40. The van der Waals surface area contributed by atoms with Gasteiger partial charge in [0, 0.05) is 0 Å². The third kappa shape index (κ3) is 1.70. The molecule has 13 heavy (non-hydrogen) atoms. The lowest BCUT2D eigenvalue weighted by Crippen LogP contribution is -1.97. The van der Waals surface area contributed by atoms with E-state index in [4.69, 9.17) is 5.26 Å². The maximum atomic E-state index is 10.4. The maximum Gasteiger partial charge on any atom is 0.397 e. The Bertz CT molecular complexity index is 388. The molecule has 0 saturated heterocycles. The molecule has 1 aromatic heterocycles. The highest BCUT2D eigenvalue weighted by Gasteiger charge is 2.17. The van der Waals surface area contributed by atoms with Gasteiger partial charge in [-0.05, 0) is 4.92 Å². The molecule has 0 radical (unpaired) electrons. The summed E-state index contributed by atoms with van der Waals surface area (Å²) in [5.41, 5.74) is 0.320. The number of aromatic nitrogens is 2. The Kier molecular flexibility index (Phi) is 2.40. The molecule has 6 nitrogen and oxygen atoms in total. The molecule has 0 aliphatic rings. The van der Waals surface area contributed by atoms with Crippen LogP contribution in [0.5, 0.6) is 0 Å². The normalized spacial score (nSPS) is 9.15. The molecule has 0 fully saturated rings. The van der Waals surface area contributed by atoms with Crippen molar-refractivity contribution in [2.24, 2.45) is 0 Å². The summed E-state index contributed by atoms with van der Waals surface area (Å²) < 4.78 is 1.20. The zero-order valence-corrected chi connectivity index (χ0v) is 6.67. The summed E-state index contributed by atoms with van der Waals surface area (Å²) >= 11 is 0. The molecule has 0 spiro atoms. The second-order valence-electron chi connectivity index (χ2n) is 2.22. The SMILES string of the molecule is C=Cc1cn(CC#N)nc1[N+](=O)[O-]. The highest BCUT2D eigenvalue weighted by atomic mass is 16.6. The van der Waals surface area contributed by atoms with Gasteiger partial charge in [-0.2, -0.15) is 9.94 Å². The summed E-state index contributed by atoms with van der Waals surface area (Å²) in [6.07, 6.45) is 2.74. The number of nitrogens with zero attached hydrogens (tertiary/aromatic N) is 4. The summed E-state index contributed by atoms with van der Waals surface area (Å²) in [4.78, 5) is 9.79. The molecule has 0 aliphatic carbocycles. The molecule has 0 unspecified atom stereocenters. The van der Waals surface area contributed by atoms with Crippen molar-refractivity contribution in [1.82, 2.24) is 9.78 Å². The first-order chi connectivity index (χ1) is 6.19. The lowest BCUT2D eigenvalue weighted by atomic mass is 10.3. The highest BCUT2D eigenvalue weighted by Crippen LogP contribution is 2.16. The number of nitriles is 1. The third-order valence-corrected chi connectivity index (χ3v) is 1.40. The maximum absolute atomic E-state index is 10.4. The van der Waals surface area contributed by atoms with Crippen molar-refractivity contribution in [2.45, 2.75) is 6.54 Å². The second-order valence-corrected chi connectivity index (χ2v) is 2.22. The molecule has 66 valence electrons. The first kappa shape index (κ1) is 8.93. The van der Waals surface area contributed by atoms with Gasteiger partial charge in [-0.1, -0.05) is 12.7 Å². The van der Waals surface area contributed by atoms with Gasteiger partial charge >= 0.3 is 5.82 Å². The molecule has 0 atom stereocenters. The van der Waals surface area contributed by atoms with Crippen molar-refractivity contribution in [3.63, 3.8) is 0 Å². The fourth-order valence-electron chi connectivity index (χ4n) is 0.866. The van der Waals surface area contributed by atoms with Crippen LogP contribution >= 0.6 is 0 Å². The number of hydrogen-bond acceptors (Lipinski definition) is 4. The molecule has 0 aliphatic heterocycles. The Morgan fingerprint density at radius 1 is 1.92 bits per heavy atom. The van der Waals surface area contributed by atoms with Crippen LogP contribution in [0.4, 0.5) is 5.82 Å². The summed E-state index contributed by atoms with van der Waals surface area (Å²) in [6, 6.07) is 1.83. The van der Waals surface area contributed by atoms with Gasteiger partial charge < -0.3 is 10.1 Å². The van der Waals surface area contributed by atoms with E-state index in [0.29, 0.717) is 5.56 Å². The Balaban J connectivity index is 3.13. The Morgan fingerprint density at radius 3 is 3.00 bits per heavy atom. The number of hydrogen-bond donors (Lipinski definition) is 0. The Labute approximate surface area is 73.9 Å². The van der Waals surface area contributed by atoms with Crippen molar-refractivity contribution in [2.75, 3.05) is 0 Å². The molecular weight excluding hydrogens is 172 g/mol. The van der Waals surface area contributed by atoms with E-state index in [9.17, 15) is 10.1 Å². The van der Waals surface area contributed by atoms with Crippen LogP contribution in [0.2, 0.25) is 0 Å². The molecule has 6 heteroatoms. The first-order valence-corrected chi connectivity index (χ1v) is 3.40. The van der Waals surface area contributed by atoms with Gasteiger partial charge in [-0.25, -0.2) is 0 Å². The van der Waals surface area contributed by atoms with E-state index in [0.717, 1.165) is 0 Å². The summed E-state index contributed by atoms with van der Waals surface area (Å²) in [6.45, 7) is 3.40. The van der Waals surface area contributed by atoms with Crippen molar-refractivity contribution in [3.8, 4) is 6.07 Å². The van der Waals surface area contributed by atoms with Gasteiger partial charge in [0.25, 0.3) is 0 Å². The van der Waals surface area contributed by atoms with Crippen LogP contribution < -0.4 is 0 Å². The van der Waals surface area contributed by atoms with Crippen molar-refractivity contribution in [3.05, 3.63) is 28.5 Å². The number of rotatable bonds is 3. The van der Waals surface area contributed by atoms with E-state index >= 15 is 0 Å². The standard InChI is InChI=1S/C7H6N4O2/c1-2-6-5-10(4-3-8)9-7(6)11(12)13/h2,5H,1,4H2. The van der Waals surface area contributed by atoms with Crippen LogP contribution in [0.3, 0.4) is 0 Å². The van der Waals surface area contributed by atoms with Crippen molar-refractivity contribution in [1.29, 1.82) is 5.26 Å². The molecular formula is C7H6N4O2. The van der Waals surface area contributed by atoms with Gasteiger partial charge in [0.1, 0.15) is 6.54 Å². The van der Waals surface area contributed by atoms with E-state index < -0.39 is 4.92 Å². The van der Waals surface area contributed by atoms with Gasteiger partial charge in [-0.3, -0.25) is 0 Å². The minimum absolute atomic E-state index is 0.00528. The van der Waals surface area contributed by atoms with Crippen molar-refractivity contribution >= 4 is 11.9 Å². The predicted octanol–water partition coefficient (Wildman–Crippen LogP) is 0.958.